The van der Waals surface area contributed by atoms with Crippen LogP contribution in [0.4, 0.5) is 19.0 Å². The Bertz CT molecular complexity index is 2390. The second-order valence-corrected chi connectivity index (χ2v) is 13.8. The van der Waals surface area contributed by atoms with Gasteiger partial charge in [0.15, 0.2) is 11.1 Å². The van der Waals surface area contributed by atoms with Crippen LogP contribution in [0.1, 0.15) is 60.7 Å². The lowest BCUT2D eigenvalue weighted by Crippen LogP contribution is -2.55. The molecular weight excluding hydrogens is 695 g/mol. The number of hydrogen-bond donors (Lipinski definition) is 2. The molecule has 17 heteroatoms. The summed E-state index contributed by atoms with van der Waals surface area (Å²) in [6, 6.07) is 9.46. The molecule has 0 spiro atoms. The van der Waals surface area contributed by atoms with Crippen molar-refractivity contribution in [3.8, 4) is 5.75 Å². The number of para-hydroxylation sites is 1. The molecule has 1 saturated carbocycles. The van der Waals surface area contributed by atoms with Gasteiger partial charge in [0.2, 0.25) is 18.0 Å². The van der Waals surface area contributed by atoms with Gasteiger partial charge in [0, 0.05) is 51.0 Å². The zero-order valence-corrected chi connectivity index (χ0v) is 28.6. The highest BCUT2D eigenvalue weighted by molar-refractivity contribution is 6.02. The van der Waals surface area contributed by atoms with Gasteiger partial charge in [0.05, 0.1) is 16.9 Å². The fourth-order valence-electron chi connectivity index (χ4n) is 7.50. The summed E-state index contributed by atoms with van der Waals surface area (Å²) in [4.78, 5) is 60.1. The molecule has 1 aliphatic carbocycles. The van der Waals surface area contributed by atoms with E-state index < -0.39 is 29.7 Å². The number of imidazole rings is 1. The number of amides is 3. The zero-order chi connectivity index (χ0) is 37.0. The molecule has 0 radical (unpaired) electrons. The molecule has 6 heterocycles. The molecular formula is C36H35F3N9O5+. The Balaban J connectivity index is 0.854. The van der Waals surface area contributed by atoms with Gasteiger partial charge in [-0.05, 0) is 55.5 Å². The number of carbonyl (C=O) groups is 3. The number of hydrogen-bond acceptors (Lipinski definition) is 9. The van der Waals surface area contributed by atoms with Crippen LogP contribution in [-0.2, 0) is 22.8 Å². The van der Waals surface area contributed by atoms with Crippen LogP contribution in [0.5, 0.6) is 5.75 Å². The third kappa shape index (κ3) is 6.71. The van der Waals surface area contributed by atoms with Gasteiger partial charge in [-0.1, -0.05) is 16.8 Å². The quantitative estimate of drug-likeness (QED) is 0.217. The first-order valence-corrected chi connectivity index (χ1v) is 17.4. The number of imide groups is 1. The van der Waals surface area contributed by atoms with Crippen LogP contribution in [0.15, 0.2) is 58.6 Å². The molecule has 3 fully saturated rings. The van der Waals surface area contributed by atoms with Crippen molar-refractivity contribution in [2.45, 2.75) is 56.8 Å². The average molecular weight is 731 g/mol. The molecule has 3 aliphatic heterocycles. The standard InChI is InChI=1S/C36H34F3N9O5/c1-45-32-26(48(35(45)52)27-12-13-31(49)43-34(27)51)5-3-6-28(32)53-23-18-46(19-23)16-20-8-10-22(11-9-20)47-17-21-14-30(40-15-25(21)44-47)42-33(50)24-4-2-7-29(41-24)36(37,38)39/h2-7,14-15,17,20,23,27H,8-13,16,18-19H2,1H3,(H-,42,43,49,50,51)/p+1. The van der Waals surface area contributed by atoms with Crippen molar-refractivity contribution in [3.63, 3.8) is 0 Å². The van der Waals surface area contributed by atoms with Crippen LogP contribution in [0.25, 0.3) is 17.2 Å². The minimum atomic E-state index is -4.66. The molecule has 4 aliphatic rings. The Hall–Kier alpha value is -5.71. The topological polar surface area (TPSA) is 156 Å². The Labute approximate surface area is 299 Å². The maximum absolute atomic E-state index is 13.2. The summed E-state index contributed by atoms with van der Waals surface area (Å²) in [6.45, 7) is 2.45. The second-order valence-electron chi connectivity index (χ2n) is 13.8. The summed E-state index contributed by atoms with van der Waals surface area (Å²) in [6.07, 6.45) is 2.84. The van der Waals surface area contributed by atoms with Crippen LogP contribution in [0.2, 0.25) is 0 Å². The van der Waals surface area contributed by atoms with E-state index in [0.29, 0.717) is 28.1 Å². The normalized spacial score (nSPS) is 20.8. The molecule has 1 atom stereocenters. The lowest BCUT2D eigenvalue weighted by atomic mass is 9.86. The van der Waals surface area contributed by atoms with E-state index in [1.165, 1.54) is 27.1 Å². The SMILES string of the molecule is Cn1c(=O)n(C2CCC(=O)NC2=O)c2cccc(OC3CN(CC4CCC(=[N+]5C=c6cc(NC(=O)c7cccc(C(F)(F)F)n7)ncc6=N5)CC4)C3)c21. The van der Waals surface area contributed by atoms with Crippen molar-refractivity contribution in [1.29, 1.82) is 0 Å². The number of pyridine rings is 2. The van der Waals surface area contributed by atoms with Crippen molar-refractivity contribution >= 4 is 46.5 Å². The molecule has 8 rings (SSSR count). The number of ether oxygens (including phenoxy) is 1. The van der Waals surface area contributed by atoms with Gasteiger partial charge in [0.25, 0.3) is 5.91 Å². The van der Waals surface area contributed by atoms with E-state index in [-0.39, 0.29) is 42.1 Å². The molecule has 0 bridgehead atoms. The first-order valence-electron chi connectivity index (χ1n) is 17.4. The number of fused-ring (bicyclic) bond motifs is 2. The third-order valence-electron chi connectivity index (χ3n) is 10.2. The van der Waals surface area contributed by atoms with E-state index in [0.717, 1.165) is 62.7 Å². The van der Waals surface area contributed by atoms with E-state index in [1.807, 2.05) is 23.0 Å². The Kier molecular flexibility index (Phi) is 8.67. The van der Waals surface area contributed by atoms with Crippen molar-refractivity contribution in [3.05, 3.63) is 81.1 Å². The maximum atomic E-state index is 13.2. The van der Waals surface area contributed by atoms with Crippen molar-refractivity contribution in [1.82, 2.24) is 29.3 Å². The van der Waals surface area contributed by atoms with E-state index in [1.54, 1.807) is 19.2 Å². The number of nitrogens with one attached hydrogen (secondary N) is 2. The third-order valence-corrected chi connectivity index (χ3v) is 10.2. The summed E-state index contributed by atoms with van der Waals surface area (Å²) in [7, 11) is 1.66. The highest BCUT2D eigenvalue weighted by Crippen LogP contribution is 2.32. The van der Waals surface area contributed by atoms with E-state index >= 15 is 0 Å². The highest BCUT2D eigenvalue weighted by atomic mass is 19.4. The molecule has 3 amide bonds. The summed E-state index contributed by atoms with van der Waals surface area (Å²) < 4.78 is 50.3. The van der Waals surface area contributed by atoms with Crippen LogP contribution in [0.3, 0.4) is 0 Å². The molecule has 274 valence electrons. The summed E-state index contributed by atoms with van der Waals surface area (Å²) in [5, 5.41) is 10.9. The number of anilines is 1. The Morgan fingerprint density at radius 2 is 1.83 bits per heavy atom. The number of aryl methyl sites for hydroxylation is 1. The van der Waals surface area contributed by atoms with Crippen molar-refractivity contribution in [2.75, 3.05) is 25.0 Å². The van der Waals surface area contributed by atoms with Gasteiger partial charge in [-0.2, -0.15) is 13.2 Å². The molecule has 53 heavy (non-hydrogen) atoms. The number of benzene rings is 1. The molecule has 1 aromatic carbocycles. The minimum absolute atomic E-state index is 0.0403. The molecule has 2 saturated heterocycles. The number of likely N-dealkylation sites (tertiary alicyclic amines) is 1. The van der Waals surface area contributed by atoms with Gasteiger partial charge < -0.3 is 10.1 Å². The van der Waals surface area contributed by atoms with Crippen LogP contribution in [0, 0.1) is 5.92 Å². The predicted molar refractivity (Wildman–Crippen MR) is 183 cm³/mol. The number of nitrogens with zero attached hydrogens (tertiary/aromatic N) is 7. The van der Waals surface area contributed by atoms with E-state index in [9.17, 15) is 32.3 Å². The lowest BCUT2D eigenvalue weighted by molar-refractivity contribution is -0.430. The maximum Gasteiger partial charge on any atom is 0.433 e. The predicted octanol–water partition coefficient (Wildman–Crippen LogP) is 2.07. The average Bonchev–Trinajstić information content (AvgIpc) is 3.65. The molecule has 4 aromatic rings. The molecule has 14 nitrogen and oxygen atoms in total. The number of carbonyl (C=O) groups excluding carboxylic acids is 3. The summed E-state index contributed by atoms with van der Waals surface area (Å²) >= 11 is 0. The Morgan fingerprint density at radius 1 is 1.06 bits per heavy atom. The van der Waals surface area contributed by atoms with Crippen molar-refractivity contribution in [2.24, 2.45) is 18.1 Å². The number of alkyl halides is 3. The molecule has 2 N–H and O–H groups in total. The highest BCUT2D eigenvalue weighted by Gasteiger charge is 2.36. The molecule has 1 unspecified atom stereocenters. The molecule has 3 aromatic heterocycles. The minimum Gasteiger partial charge on any atom is -0.485 e. The van der Waals surface area contributed by atoms with Gasteiger partial charge >= 0.3 is 11.9 Å². The summed E-state index contributed by atoms with van der Waals surface area (Å²) in [5.74, 6) is -0.344. The number of rotatable bonds is 7. The number of piperidine rings is 1. The second kappa shape index (κ2) is 13.4. The number of halogens is 3. The lowest BCUT2D eigenvalue weighted by Gasteiger charge is -2.41. The van der Waals surface area contributed by atoms with Gasteiger partial charge in [-0.15, -0.1) is 0 Å². The first-order chi connectivity index (χ1) is 25.4. The smallest absolute Gasteiger partial charge is 0.433 e. The van der Waals surface area contributed by atoms with Gasteiger partial charge in [0.1, 0.15) is 40.6 Å². The van der Waals surface area contributed by atoms with Crippen LogP contribution < -0.4 is 31.6 Å². The number of aromatic nitrogens is 4. The first kappa shape index (κ1) is 34.4. The van der Waals surface area contributed by atoms with E-state index in [2.05, 4.69) is 30.6 Å². The van der Waals surface area contributed by atoms with Crippen LogP contribution >= 0.6 is 0 Å². The Morgan fingerprint density at radius 3 is 2.58 bits per heavy atom. The zero-order valence-electron chi connectivity index (χ0n) is 28.6. The largest absolute Gasteiger partial charge is 0.485 e. The fraction of sp³-hybridized carbons (Fsp3) is 0.389. The van der Waals surface area contributed by atoms with Crippen molar-refractivity contribution < 1.29 is 37.0 Å². The van der Waals surface area contributed by atoms with Gasteiger partial charge in [-0.3, -0.25) is 33.7 Å². The van der Waals surface area contributed by atoms with E-state index in [4.69, 9.17) is 4.74 Å². The fourth-order valence-corrected chi connectivity index (χ4v) is 7.50. The van der Waals surface area contributed by atoms with Crippen LogP contribution in [-0.4, -0.2) is 77.9 Å². The monoisotopic (exact) mass is 730 g/mol. The summed E-state index contributed by atoms with van der Waals surface area (Å²) in [5.41, 5.74) is 0.533. The van der Waals surface area contributed by atoms with Gasteiger partial charge in [-0.25, -0.2) is 14.8 Å².